The zero-order valence-corrected chi connectivity index (χ0v) is 11.2. The molecular weight excluding hydrogens is 230 g/mol. The number of hydrogen-bond donors (Lipinski definition) is 1. The lowest BCUT2D eigenvalue weighted by Gasteiger charge is -2.19. The van der Waals surface area contributed by atoms with Gasteiger partial charge >= 0.3 is 5.97 Å². The van der Waals surface area contributed by atoms with Gasteiger partial charge in [-0.15, -0.1) is 0 Å². The van der Waals surface area contributed by atoms with Crippen molar-refractivity contribution in [3.05, 3.63) is 29.8 Å². The Morgan fingerprint density at radius 1 is 1.39 bits per heavy atom. The lowest BCUT2D eigenvalue weighted by Crippen LogP contribution is -2.36. The number of carbonyl (C=O) groups excluding carboxylic acids is 1. The molecule has 0 heterocycles. The lowest BCUT2D eigenvalue weighted by molar-refractivity contribution is -0.148. The SMILES string of the molecule is CCOC(=O)[C@@H](C)[C@H](N)Cc1ccccc1OC. The van der Waals surface area contributed by atoms with Gasteiger partial charge in [0.15, 0.2) is 0 Å². The maximum Gasteiger partial charge on any atom is 0.310 e. The molecule has 4 nitrogen and oxygen atoms in total. The highest BCUT2D eigenvalue weighted by Crippen LogP contribution is 2.20. The van der Waals surface area contributed by atoms with Crippen LogP contribution in [0.2, 0.25) is 0 Å². The third-order valence-corrected chi connectivity index (χ3v) is 2.95. The van der Waals surface area contributed by atoms with E-state index in [9.17, 15) is 4.79 Å². The van der Waals surface area contributed by atoms with Gasteiger partial charge < -0.3 is 15.2 Å². The number of hydrogen-bond acceptors (Lipinski definition) is 4. The summed E-state index contributed by atoms with van der Waals surface area (Å²) in [6.45, 7) is 3.96. The number of methoxy groups -OCH3 is 1. The highest BCUT2D eigenvalue weighted by molar-refractivity contribution is 5.72. The highest BCUT2D eigenvalue weighted by Gasteiger charge is 2.22. The van der Waals surface area contributed by atoms with Gasteiger partial charge in [-0.05, 0) is 25.0 Å². The number of rotatable bonds is 6. The molecule has 0 aliphatic rings. The van der Waals surface area contributed by atoms with Crippen LogP contribution in [0.25, 0.3) is 0 Å². The molecule has 2 atom stereocenters. The summed E-state index contributed by atoms with van der Waals surface area (Å²) in [7, 11) is 1.62. The van der Waals surface area contributed by atoms with Gasteiger partial charge in [-0.3, -0.25) is 4.79 Å². The maximum absolute atomic E-state index is 11.6. The summed E-state index contributed by atoms with van der Waals surface area (Å²) in [4.78, 5) is 11.6. The van der Waals surface area contributed by atoms with Gasteiger partial charge in [0.25, 0.3) is 0 Å². The Hall–Kier alpha value is -1.55. The largest absolute Gasteiger partial charge is 0.496 e. The first-order valence-electron chi connectivity index (χ1n) is 6.14. The van der Waals surface area contributed by atoms with E-state index in [4.69, 9.17) is 15.2 Å². The minimum Gasteiger partial charge on any atom is -0.496 e. The van der Waals surface area contributed by atoms with Crippen LogP contribution in [0.4, 0.5) is 0 Å². The van der Waals surface area contributed by atoms with Gasteiger partial charge in [0.1, 0.15) is 5.75 Å². The minimum atomic E-state index is -0.324. The number of para-hydroxylation sites is 1. The molecule has 1 rings (SSSR count). The van der Waals surface area contributed by atoms with Crippen molar-refractivity contribution in [2.45, 2.75) is 26.3 Å². The Bertz CT molecular complexity index is 392. The lowest BCUT2D eigenvalue weighted by atomic mass is 9.95. The van der Waals surface area contributed by atoms with E-state index >= 15 is 0 Å². The van der Waals surface area contributed by atoms with E-state index < -0.39 is 0 Å². The molecule has 1 aromatic rings. The fraction of sp³-hybridized carbons (Fsp3) is 0.500. The van der Waals surface area contributed by atoms with Crippen molar-refractivity contribution in [1.82, 2.24) is 0 Å². The summed E-state index contributed by atoms with van der Waals surface area (Å²) in [5.74, 6) is 0.221. The Morgan fingerprint density at radius 3 is 2.67 bits per heavy atom. The monoisotopic (exact) mass is 251 g/mol. The number of esters is 1. The van der Waals surface area contributed by atoms with E-state index in [1.807, 2.05) is 24.3 Å². The predicted molar refractivity (Wildman–Crippen MR) is 70.5 cm³/mol. The summed E-state index contributed by atoms with van der Waals surface area (Å²) < 4.78 is 10.2. The van der Waals surface area contributed by atoms with Crippen molar-refractivity contribution in [2.24, 2.45) is 11.7 Å². The van der Waals surface area contributed by atoms with Crippen LogP contribution >= 0.6 is 0 Å². The van der Waals surface area contributed by atoms with E-state index in [1.54, 1.807) is 21.0 Å². The minimum absolute atomic E-state index is 0.250. The molecule has 0 aromatic heterocycles. The third-order valence-electron chi connectivity index (χ3n) is 2.95. The van der Waals surface area contributed by atoms with Crippen molar-refractivity contribution < 1.29 is 14.3 Å². The van der Waals surface area contributed by atoms with Crippen LogP contribution in [0.15, 0.2) is 24.3 Å². The predicted octanol–water partition coefficient (Wildman–Crippen LogP) is 1.76. The summed E-state index contributed by atoms with van der Waals surface area (Å²) in [5.41, 5.74) is 7.05. The quantitative estimate of drug-likeness (QED) is 0.783. The summed E-state index contributed by atoms with van der Waals surface area (Å²) in [6.07, 6.45) is 0.587. The normalized spacial score (nSPS) is 13.8. The molecule has 0 amide bonds. The van der Waals surface area contributed by atoms with Gasteiger partial charge in [-0.2, -0.15) is 0 Å². The number of ether oxygens (including phenoxy) is 2. The molecule has 1 aromatic carbocycles. The summed E-state index contributed by atoms with van der Waals surface area (Å²) in [6, 6.07) is 7.40. The first kappa shape index (κ1) is 14.5. The maximum atomic E-state index is 11.6. The van der Waals surface area contributed by atoms with E-state index in [2.05, 4.69) is 0 Å². The van der Waals surface area contributed by atoms with Crippen LogP contribution in [0, 0.1) is 5.92 Å². The van der Waals surface area contributed by atoms with Crippen LogP contribution in [0.1, 0.15) is 19.4 Å². The average molecular weight is 251 g/mol. The molecular formula is C14H21NO3. The van der Waals surface area contributed by atoms with E-state index in [1.165, 1.54) is 0 Å². The van der Waals surface area contributed by atoms with Gasteiger partial charge in [0, 0.05) is 6.04 Å². The molecule has 0 saturated heterocycles. The number of carbonyl (C=O) groups is 1. The second-order valence-corrected chi connectivity index (χ2v) is 4.22. The van der Waals surface area contributed by atoms with Gasteiger partial charge in [0.2, 0.25) is 0 Å². The molecule has 0 spiro atoms. The second-order valence-electron chi connectivity index (χ2n) is 4.22. The van der Waals surface area contributed by atoms with Gasteiger partial charge in [-0.25, -0.2) is 0 Å². The van der Waals surface area contributed by atoms with Crippen molar-refractivity contribution >= 4 is 5.97 Å². The van der Waals surface area contributed by atoms with E-state index in [-0.39, 0.29) is 17.9 Å². The fourth-order valence-electron chi connectivity index (χ4n) is 1.75. The molecule has 0 saturated carbocycles. The molecule has 0 aliphatic heterocycles. The zero-order chi connectivity index (χ0) is 13.5. The number of nitrogens with two attached hydrogens (primary N) is 1. The molecule has 2 N–H and O–H groups in total. The van der Waals surface area contributed by atoms with Crippen molar-refractivity contribution in [3.63, 3.8) is 0 Å². The molecule has 4 heteroatoms. The zero-order valence-electron chi connectivity index (χ0n) is 11.2. The Kier molecular flexibility index (Phi) is 5.65. The van der Waals surface area contributed by atoms with Gasteiger partial charge in [-0.1, -0.05) is 25.1 Å². The summed E-state index contributed by atoms with van der Waals surface area (Å²) in [5, 5.41) is 0. The first-order valence-corrected chi connectivity index (χ1v) is 6.14. The van der Waals surface area contributed by atoms with Crippen molar-refractivity contribution in [3.8, 4) is 5.75 Å². The molecule has 0 aliphatic carbocycles. The average Bonchev–Trinajstić information content (AvgIpc) is 2.38. The molecule has 0 radical (unpaired) electrons. The summed E-state index contributed by atoms with van der Waals surface area (Å²) >= 11 is 0. The van der Waals surface area contributed by atoms with Crippen LogP contribution in [0.3, 0.4) is 0 Å². The smallest absolute Gasteiger partial charge is 0.310 e. The van der Waals surface area contributed by atoms with Crippen LogP contribution in [0.5, 0.6) is 5.75 Å². The second kappa shape index (κ2) is 7.01. The standard InChI is InChI=1S/C14H21NO3/c1-4-18-14(16)10(2)12(15)9-11-7-5-6-8-13(11)17-3/h5-8,10,12H,4,9,15H2,1-3H3/t10-,12+/m0/s1. The Labute approximate surface area is 108 Å². The topological polar surface area (TPSA) is 61.5 Å². The van der Waals surface area contributed by atoms with E-state index in [0.717, 1.165) is 11.3 Å². The first-order chi connectivity index (χ1) is 8.60. The Balaban J connectivity index is 2.69. The van der Waals surface area contributed by atoms with Crippen molar-refractivity contribution in [1.29, 1.82) is 0 Å². The van der Waals surface area contributed by atoms with Crippen molar-refractivity contribution in [2.75, 3.05) is 13.7 Å². The molecule has 0 bridgehead atoms. The fourth-order valence-corrected chi connectivity index (χ4v) is 1.75. The highest BCUT2D eigenvalue weighted by atomic mass is 16.5. The number of benzene rings is 1. The van der Waals surface area contributed by atoms with E-state index in [0.29, 0.717) is 13.0 Å². The van der Waals surface area contributed by atoms with Gasteiger partial charge in [0.05, 0.1) is 19.6 Å². The van der Waals surface area contributed by atoms with Crippen LogP contribution in [-0.4, -0.2) is 25.7 Å². The third kappa shape index (κ3) is 3.74. The molecule has 18 heavy (non-hydrogen) atoms. The van der Waals surface area contributed by atoms with Crippen LogP contribution < -0.4 is 10.5 Å². The molecule has 0 fully saturated rings. The molecule has 0 unspecified atom stereocenters. The van der Waals surface area contributed by atoms with Crippen LogP contribution in [-0.2, 0) is 16.0 Å². The Morgan fingerprint density at radius 2 is 2.06 bits per heavy atom. The molecule has 100 valence electrons.